The minimum Gasteiger partial charge on any atom is -0.497 e. The summed E-state index contributed by atoms with van der Waals surface area (Å²) in [6.45, 7) is 3.84. The molecule has 0 aliphatic rings. The normalized spacial score (nSPS) is 10.8. The maximum absolute atomic E-state index is 11.8. The molecule has 0 spiro atoms. The van der Waals surface area contributed by atoms with Crippen molar-refractivity contribution in [3.8, 4) is 5.75 Å². The van der Waals surface area contributed by atoms with Crippen LogP contribution in [-0.2, 0) is 15.8 Å². The van der Waals surface area contributed by atoms with Crippen LogP contribution in [-0.4, -0.2) is 35.2 Å². The van der Waals surface area contributed by atoms with Gasteiger partial charge in [-0.25, -0.2) is 13.1 Å². The van der Waals surface area contributed by atoms with Crippen LogP contribution in [0.2, 0.25) is 0 Å². The van der Waals surface area contributed by atoms with Gasteiger partial charge >= 0.3 is 0 Å². The Hall–Kier alpha value is -0.820. The Labute approximate surface area is 121 Å². The second-order valence-electron chi connectivity index (χ2n) is 3.86. The second kappa shape index (κ2) is 9.14. The number of rotatable bonds is 8. The van der Waals surface area contributed by atoms with Gasteiger partial charge in [0.15, 0.2) is 0 Å². The smallest absolute Gasteiger partial charge is 0.215 e. The Morgan fingerprint density at radius 2 is 2.00 bits per heavy atom. The minimum atomic E-state index is -3.29. The first-order valence-corrected chi connectivity index (χ1v) is 7.53. The maximum Gasteiger partial charge on any atom is 0.215 e. The summed E-state index contributed by atoms with van der Waals surface area (Å²) in [6.07, 6.45) is 0. The summed E-state index contributed by atoms with van der Waals surface area (Å²) < 4.78 is 31.2. The van der Waals surface area contributed by atoms with Crippen LogP contribution in [0.5, 0.6) is 5.75 Å². The fraction of sp³-hybridized carbons (Fsp3) is 0.500. The Bertz CT molecular complexity index is 466. The van der Waals surface area contributed by atoms with Crippen LogP contribution in [0.25, 0.3) is 0 Å². The van der Waals surface area contributed by atoms with Crippen LogP contribution >= 0.6 is 12.4 Å². The number of ether oxygens (including phenoxy) is 1. The van der Waals surface area contributed by atoms with Crippen molar-refractivity contribution in [1.82, 2.24) is 10.0 Å². The topological polar surface area (TPSA) is 67.4 Å². The number of methoxy groups -OCH3 is 1. The lowest BCUT2D eigenvalue weighted by Gasteiger charge is -2.08. The third-order valence-electron chi connectivity index (χ3n) is 2.36. The average molecular weight is 309 g/mol. The van der Waals surface area contributed by atoms with Crippen LogP contribution in [0, 0.1) is 0 Å². The molecule has 5 nitrogen and oxygen atoms in total. The standard InChI is InChI=1S/C12H20N2O3S.ClH/c1-3-13-7-8-14-18(15,16)10-11-5-4-6-12(9-11)17-2;/h4-6,9,13-14H,3,7-8,10H2,1-2H3;1H. The number of likely N-dealkylation sites (N-methyl/N-ethyl adjacent to an activating group) is 1. The van der Waals surface area contributed by atoms with Gasteiger partial charge in [-0.1, -0.05) is 19.1 Å². The lowest BCUT2D eigenvalue weighted by molar-refractivity contribution is 0.414. The molecular formula is C12H21ClN2O3S. The van der Waals surface area contributed by atoms with Crippen molar-refractivity contribution in [2.75, 3.05) is 26.7 Å². The number of benzene rings is 1. The van der Waals surface area contributed by atoms with Gasteiger partial charge in [0.2, 0.25) is 10.0 Å². The van der Waals surface area contributed by atoms with E-state index < -0.39 is 10.0 Å². The van der Waals surface area contributed by atoms with Crippen molar-refractivity contribution in [3.63, 3.8) is 0 Å². The van der Waals surface area contributed by atoms with Crippen LogP contribution in [0.3, 0.4) is 0 Å². The summed E-state index contributed by atoms with van der Waals surface area (Å²) in [5.74, 6) is 0.631. The monoisotopic (exact) mass is 308 g/mol. The lowest BCUT2D eigenvalue weighted by atomic mass is 10.2. The van der Waals surface area contributed by atoms with Gasteiger partial charge in [-0.05, 0) is 24.2 Å². The molecule has 0 saturated heterocycles. The van der Waals surface area contributed by atoms with E-state index in [1.807, 2.05) is 6.92 Å². The third kappa shape index (κ3) is 7.37. The van der Waals surface area contributed by atoms with Crippen molar-refractivity contribution < 1.29 is 13.2 Å². The molecule has 110 valence electrons. The van der Waals surface area contributed by atoms with E-state index in [4.69, 9.17) is 4.74 Å². The molecule has 0 aliphatic heterocycles. The van der Waals surface area contributed by atoms with E-state index >= 15 is 0 Å². The molecule has 0 heterocycles. The zero-order chi connectivity index (χ0) is 13.4. The largest absolute Gasteiger partial charge is 0.497 e. The van der Waals surface area contributed by atoms with Gasteiger partial charge in [0.05, 0.1) is 12.9 Å². The van der Waals surface area contributed by atoms with E-state index in [1.165, 1.54) is 0 Å². The van der Waals surface area contributed by atoms with E-state index in [0.29, 0.717) is 24.4 Å². The number of sulfonamides is 1. The first-order valence-electron chi connectivity index (χ1n) is 5.88. The second-order valence-corrected chi connectivity index (χ2v) is 5.67. The number of nitrogens with one attached hydrogen (secondary N) is 2. The maximum atomic E-state index is 11.8. The first kappa shape index (κ1) is 18.2. The van der Waals surface area contributed by atoms with Gasteiger partial charge in [-0.15, -0.1) is 12.4 Å². The predicted octanol–water partition coefficient (Wildman–Crippen LogP) is 1.15. The molecule has 2 N–H and O–H groups in total. The lowest BCUT2D eigenvalue weighted by Crippen LogP contribution is -2.32. The van der Waals surface area contributed by atoms with Gasteiger partial charge in [-0.3, -0.25) is 0 Å². The van der Waals surface area contributed by atoms with Gasteiger partial charge in [0.25, 0.3) is 0 Å². The van der Waals surface area contributed by atoms with Crippen molar-refractivity contribution in [2.24, 2.45) is 0 Å². The Morgan fingerprint density at radius 1 is 1.26 bits per heavy atom. The first-order chi connectivity index (χ1) is 8.57. The molecule has 0 atom stereocenters. The van der Waals surface area contributed by atoms with Gasteiger partial charge in [0.1, 0.15) is 5.75 Å². The number of hydrogen-bond acceptors (Lipinski definition) is 4. The fourth-order valence-electron chi connectivity index (χ4n) is 1.50. The van der Waals surface area contributed by atoms with E-state index in [9.17, 15) is 8.42 Å². The van der Waals surface area contributed by atoms with Crippen molar-refractivity contribution >= 4 is 22.4 Å². The molecule has 0 radical (unpaired) electrons. The molecule has 19 heavy (non-hydrogen) atoms. The molecular weight excluding hydrogens is 288 g/mol. The Balaban J connectivity index is 0.00000324. The summed E-state index contributed by atoms with van der Waals surface area (Å²) in [5, 5.41) is 3.06. The van der Waals surface area contributed by atoms with E-state index in [-0.39, 0.29) is 18.2 Å². The van der Waals surface area contributed by atoms with Crippen LogP contribution < -0.4 is 14.8 Å². The van der Waals surface area contributed by atoms with Crippen LogP contribution in [0.4, 0.5) is 0 Å². The van der Waals surface area contributed by atoms with E-state index in [1.54, 1.807) is 31.4 Å². The third-order valence-corrected chi connectivity index (χ3v) is 3.72. The minimum absolute atomic E-state index is 0. The Kier molecular flexibility index (Phi) is 8.75. The highest BCUT2D eigenvalue weighted by molar-refractivity contribution is 7.88. The molecule has 0 amide bonds. The zero-order valence-electron chi connectivity index (χ0n) is 11.2. The quantitative estimate of drug-likeness (QED) is 0.707. The van der Waals surface area contributed by atoms with Crippen molar-refractivity contribution in [3.05, 3.63) is 29.8 Å². The van der Waals surface area contributed by atoms with Gasteiger partial charge in [0, 0.05) is 13.1 Å². The summed E-state index contributed by atoms with van der Waals surface area (Å²) in [6, 6.07) is 7.06. The molecule has 0 saturated carbocycles. The number of halogens is 1. The summed E-state index contributed by atoms with van der Waals surface area (Å²) in [7, 11) is -1.73. The summed E-state index contributed by atoms with van der Waals surface area (Å²) in [4.78, 5) is 0. The van der Waals surface area contributed by atoms with E-state index in [2.05, 4.69) is 10.0 Å². The van der Waals surface area contributed by atoms with Crippen LogP contribution in [0.1, 0.15) is 12.5 Å². The molecule has 0 bridgehead atoms. The number of hydrogen-bond donors (Lipinski definition) is 2. The zero-order valence-corrected chi connectivity index (χ0v) is 12.8. The molecule has 1 aromatic carbocycles. The van der Waals surface area contributed by atoms with Crippen LogP contribution in [0.15, 0.2) is 24.3 Å². The Morgan fingerprint density at radius 3 is 2.63 bits per heavy atom. The average Bonchev–Trinajstić information content (AvgIpc) is 2.34. The molecule has 0 fully saturated rings. The highest BCUT2D eigenvalue weighted by Gasteiger charge is 2.10. The molecule has 0 unspecified atom stereocenters. The van der Waals surface area contributed by atoms with Gasteiger partial charge < -0.3 is 10.1 Å². The molecule has 7 heteroatoms. The highest BCUT2D eigenvalue weighted by atomic mass is 35.5. The molecule has 0 aromatic heterocycles. The summed E-state index contributed by atoms with van der Waals surface area (Å²) >= 11 is 0. The SMILES string of the molecule is CCNCCNS(=O)(=O)Cc1cccc(OC)c1.Cl. The molecule has 1 rings (SSSR count). The van der Waals surface area contributed by atoms with E-state index in [0.717, 1.165) is 6.54 Å². The van der Waals surface area contributed by atoms with Crippen molar-refractivity contribution in [1.29, 1.82) is 0 Å². The highest BCUT2D eigenvalue weighted by Crippen LogP contribution is 2.14. The molecule has 0 aliphatic carbocycles. The van der Waals surface area contributed by atoms with Gasteiger partial charge in [-0.2, -0.15) is 0 Å². The summed E-state index contributed by atoms with van der Waals surface area (Å²) in [5.41, 5.74) is 0.713. The van der Waals surface area contributed by atoms with Crippen molar-refractivity contribution in [2.45, 2.75) is 12.7 Å². The fourth-order valence-corrected chi connectivity index (χ4v) is 2.64. The predicted molar refractivity (Wildman–Crippen MR) is 79.4 cm³/mol. The molecule has 1 aromatic rings.